The molecule has 4 N–H and O–H groups in total. The van der Waals surface area contributed by atoms with E-state index in [-0.39, 0.29) is 11.9 Å². The molecule has 100 valence electrons. The Bertz CT molecular complexity index is 577. The van der Waals surface area contributed by atoms with Crippen LogP contribution in [0.1, 0.15) is 18.9 Å². The zero-order valence-corrected chi connectivity index (χ0v) is 10.9. The summed E-state index contributed by atoms with van der Waals surface area (Å²) >= 11 is 0. The van der Waals surface area contributed by atoms with Gasteiger partial charge in [-0.25, -0.2) is 0 Å². The molecular formula is C14H18N4O. The number of pyridine rings is 1. The Hall–Kier alpha value is -2.14. The van der Waals surface area contributed by atoms with Gasteiger partial charge in [-0.3, -0.25) is 4.98 Å². The quantitative estimate of drug-likeness (QED) is 0.331. The average molecular weight is 258 g/mol. The van der Waals surface area contributed by atoms with E-state index in [1.807, 2.05) is 31.2 Å². The number of nitrogens with one attached hydrogen (secondary N) is 1. The number of oxime groups is 1. The summed E-state index contributed by atoms with van der Waals surface area (Å²) in [4.78, 5) is 4.41. The van der Waals surface area contributed by atoms with Crippen LogP contribution in [0.3, 0.4) is 0 Å². The third-order valence-electron chi connectivity index (χ3n) is 3.00. The average Bonchev–Trinajstić information content (AvgIpc) is 2.44. The molecule has 1 aromatic carbocycles. The molecule has 0 saturated carbocycles. The molecule has 2 rings (SSSR count). The lowest BCUT2D eigenvalue weighted by atomic mass is 10.1. The number of benzene rings is 1. The van der Waals surface area contributed by atoms with Gasteiger partial charge in [0, 0.05) is 30.6 Å². The molecule has 0 bridgehead atoms. The molecule has 1 unspecified atom stereocenters. The Labute approximate surface area is 112 Å². The first-order valence-corrected chi connectivity index (χ1v) is 6.23. The fourth-order valence-corrected chi connectivity index (χ4v) is 2.02. The highest BCUT2D eigenvalue weighted by molar-refractivity contribution is 5.81. The number of amidine groups is 1. The maximum Gasteiger partial charge on any atom is 0.140 e. The first kappa shape index (κ1) is 13.3. The summed E-state index contributed by atoms with van der Waals surface area (Å²) in [7, 11) is 0. The van der Waals surface area contributed by atoms with Crippen molar-refractivity contribution in [3.8, 4) is 0 Å². The standard InChI is InChI=1S/C14H18N4O/c1-10(8-13(15)18-19)17-9-12-5-2-4-11-6-3-7-16-14(11)12/h2-7,10,17,19H,8-9H2,1H3,(H2,15,18). The van der Waals surface area contributed by atoms with Crippen LogP contribution in [-0.2, 0) is 6.54 Å². The minimum absolute atomic E-state index is 0.134. The Kier molecular flexibility index (Phi) is 4.30. The highest BCUT2D eigenvalue weighted by atomic mass is 16.4. The number of hydrogen-bond donors (Lipinski definition) is 3. The van der Waals surface area contributed by atoms with Crippen molar-refractivity contribution in [1.82, 2.24) is 10.3 Å². The lowest BCUT2D eigenvalue weighted by Gasteiger charge is -2.13. The summed E-state index contributed by atoms with van der Waals surface area (Å²) in [5, 5.41) is 16.0. The molecule has 1 aromatic heterocycles. The number of nitrogens with two attached hydrogens (primary N) is 1. The van der Waals surface area contributed by atoms with Gasteiger partial charge in [-0.1, -0.05) is 29.4 Å². The van der Waals surface area contributed by atoms with E-state index in [4.69, 9.17) is 10.9 Å². The first-order chi connectivity index (χ1) is 9.20. The van der Waals surface area contributed by atoms with Gasteiger partial charge in [-0.05, 0) is 18.6 Å². The van der Waals surface area contributed by atoms with Crippen molar-refractivity contribution in [2.45, 2.75) is 25.9 Å². The zero-order chi connectivity index (χ0) is 13.7. The number of para-hydroxylation sites is 1. The number of fused-ring (bicyclic) bond motifs is 1. The van der Waals surface area contributed by atoms with Gasteiger partial charge in [0.05, 0.1) is 5.52 Å². The second-order valence-corrected chi connectivity index (χ2v) is 4.57. The molecule has 0 spiro atoms. The third-order valence-corrected chi connectivity index (χ3v) is 3.00. The highest BCUT2D eigenvalue weighted by Crippen LogP contribution is 2.15. The van der Waals surface area contributed by atoms with Crippen LogP contribution in [0.5, 0.6) is 0 Å². The van der Waals surface area contributed by atoms with Crippen molar-refractivity contribution in [1.29, 1.82) is 0 Å². The Balaban J connectivity index is 2.06. The van der Waals surface area contributed by atoms with Crippen LogP contribution in [0.25, 0.3) is 10.9 Å². The molecule has 1 atom stereocenters. The third kappa shape index (κ3) is 3.42. The number of hydrogen-bond acceptors (Lipinski definition) is 4. The lowest BCUT2D eigenvalue weighted by molar-refractivity contribution is 0.316. The number of aromatic nitrogens is 1. The predicted molar refractivity (Wildman–Crippen MR) is 76.1 cm³/mol. The van der Waals surface area contributed by atoms with Gasteiger partial charge < -0.3 is 16.3 Å². The van der Waals surface area contributed by atoms with Gasteiger partial charge in [-0.15, -0.1) is 0 Å². The predicted octanol–water partition coefficient (Wildman–Crippen LogP) is 1.85. The summed E-state index contributed by atoms with van der Waals surface area (Å²) in [6.07, 6.45) is 2.31. The second kappa shape index (κ2) is 6.15. The largest absolute Gasteiger partial charge is 0.409 e. The van der Waals surface area contributed by atoms with Gasteiger partial charge >= 0.3 is 0 Å². The molecule has 19 heavy (non-hydrogen) atoms. The van der Waals surface area contributed by atoms with Crippen LogP contribution < -0.4 is 11.1 Å². The molecular weight excluding hydrogens is 240 g/mol. The normalized spacial score (nSPS) is 13.6. The smallest absolute Gasteiger partial charge is 0.140 e. The van der Waals surface area contributed by atoms with Crippen LogP contribution in [0.15, 0.2) is 41.7 Å². The molecule has 5 nitrogen and oxygen atoms in total. The van der Waals surface area contributed by atoms with Crippen LogP contribution in [0, 0.1) is 0 Å². The maximum atomic E-state index is 8.54. The molecule has 0 fully saturated rings. The van der Waals surface area contributed by atoms with E-state index in [0.717, 1.165) is 16.5 Å². The van der Waals surface area contributed by atoms with E-state index in [2.05, 4.69) is 21.5 Å². The summed E-state index contributed by atoms with van der Waals surface area (Å²) in [5.41, 5.74) is 7.63. The first-order valence-electron chi connectivity index (χ1n) is 6.23. The van der Waals surface area contributed by atoms with Crippen molar-refractivity contribution in [3.05, 3.63) is 42.1 Å². The number of rotatable bonds is 5. The van der Waals surface area contributed by atoms with Crippen LogP contribution in [-0.4, -0.2) is 22.1 Å². The van der Waals surface area contributed by atoms with Crippen molar-refractivity contribution in [2.75, 3.05) is 0 Å². The van der Waals surface area contributed by atoms with E-state index in [0.29, 0.717) is 13.0 Å². The zero-order valence-electron chi connectivity index (χ0n) is 10.9. The molecule has 5 heteroatoms. The Morgan fingerprint density at radius 1 is 1.42 bits per heavy atom. The topological polar surface area (TPSA) is 83.5 Å². The summed E-state index contributed by atoms with van der Waals surface area (Å²) in [5.74, 6) is 0.232. The Morgan fingerprint density at radius 2 is 2.21 bits per heavy atom. The van der Waals surface area contributed by atoms with Crippen molar-refractivity contribution in [2.24, 2.45) is 10.9 Å². The van der Waals surface area contributed by atoms with Gasteiger partial charge in [0.15, 0.2) is 0 Å². The van der Waals surface area contributed by atoms with Crippen molar-refractivity contribution >= 4 is 16.7 Å². The van der Waals surface area contributed by atoms with Crippen LogP contribution in [0.4, 0.5) is 0 Å². The van der Waals surface area contributed by atoms with Gasteiger partial charge in [-0.2, -0.15) is 0 Å². The molecule has 2 aromatic rings. The lowest BCUT2D eigenvalue weighted by Crippen LogP contribution is -2.30. The molecule has 0 radical (unpaired) electrons. The molecule has 1 heterocycles. The maximum absolute atomic E-state index is 8.54. The fourth-order valence-electron chi connectivity index (χ4n) is 2.02. The summed E-state index contributed by atoms with van der Waals surface area (Å²) in [6.45, 7) is 2.70. The summed E-state index contributed by atoms with van der Waals surface area (Å²) < 4.78 is 0. The van der Waals surface area contributed by atoms with E-state index in [1.54, 1.807) is 6.20 Å². The monoisotopic (exact) mass is 258 g/mol. The van der Waals surface area contributed by atoms with Crippen molar-refractivity contribution in [3.63, 3.8) is 0 Å². The molecule has 0 aliphatic heterocycles. The van der Waals surface area contributed by atoms with Gasteiger partial charge in [0.2, 0.25) is 0 Å². The molecule has 0 aliphatic carbocycles. The fraction of sp³-hybridized carbons (Fsp3) is 0.286. The Morgan fingerprint density at radius 3 is 3.00 bits per heavy atom. The van der Waals surface area contributed by atoms with Crippen LogP contribution in [0.2, 0.25) is 0 Å². The molecule has 0 aliphatic rings. The van der Waals surface area contributed by atoms with Gasteiger partial charge in [0.25, 0.3) is 0 Å². The van der Waals surface area contributed by atoms with E-state index in [1.165, 1.54) is 0 Å². The van der Waals surface area contributed by atoms with Gasteiger partial charge in [0.1, 0.15) is 5.84 Å². The molecule has 0 amide bonds. The van der Waals surface area contributed by atoms with E-state index in [9.17, 15) is 0 Å². The molecule has 0 saturated heterocycles. The minimum Gasteiger partial charge on any atom is -0.409 e. The van der Waals surface area contributed by atoms with Crippen LogP contribution >= 0.6 is 0 Å². The van der Waals surface area contributed by atoms with E-state index < -0.39 is 0 Å². The van der Waals surface area contributed by atoms with Crippen molar-refractivity contribution < 1.29 is 5.21 Å². The minimum atomic E-state index is 0.134. The summed E-state index contributed by atoms with van der Waals surface area (Å²) in [6, 6.07) is 10.2. The SMILES string of the molecule is CC(C/C(N)=N/O)NCc1cccc2cccnc12. The highest BCUT2D eigenvalue weighted by Gasteiger charge is 2.06. The van der Waals surface area contributed by atoms with E-state index >= 15 is 0 Å². The number of nitrogens with zero attached hydrogens (tertiary/aromatic N) is 2. The second-order valence-electron chi connectivity index (χ2n) is 4.57.